The van der Waals surface area contributed by atoms with Crippen molar-refractivity contribution in [2.75, 3.05) is 0 Å². The molecule has 0 amide bonds. The Morgan fingerprint density at radius 3 is 3.00 bits per heavy atom. The lowest BCUT2D eigenvalue weighted by Gasteiger charge is -2.08. The second kappa shape index (κ2) is 7.03. The predicted molar refractivity (Wildman–Crippen MR) is 61.2 cm³/mol. The smallest absolute Gasteiger partial charge is 0.0543 e. The summed E-state index contributed by atoms with van der Waals surface area (Å²) in [5, 5.41) is 9.65. The molecule has 0 saturated heterocycles. The summed E-state index contributed by atoms with van der Waals surface area (Å²) in [5.74, 6) is 2.58. The van der Waals surface area contributed by atoms with Crippen molar-refractivity contribution in [3.8, 4) is 12.3 Å². The van der Waals surface area contributed by atoms with Gasteiger partial charge in [0.2, 0.25) is 0 Å². The fourth-order valence-electron chi connectivity index (χ4n) is 1.46. The maximum Gasteiger partial charge on any atom is 0.0543 e. The Kier molecular flexibility index (Phi) is 5.50. The molecule has 0 radical (unpaired) electrons. The van der Waals surface area contributed by atoms with Crippen molar-refractivity contribution >= 4 is 0 Å². The van der Waals surface area contributed by atoms with Crippen molar-refractivity contribution in [2.24, 2.45) is 0 Å². The minimum atomic E-state index is -0.237. The lowest BCUT2D eigenvalue weighted by molar-refractivity contribution is 0.153. The molecule has 0 bridgehead atoms. The molecule has 0 aliphatic carbocycles. The quantitative estimate of drug-likeness (QED) is 0.568. The zero-order valence-electron chi connectivity index (χ0n) is 8.89. The third-order valence-electron chi connectivity index (χ3n) is 2.35. The first-order chi connectivity index (χ1) is 7.33. The second-order valence-corrected chi connectivity index (χ2v) is 3.65. The van der Waals surface area contributed by atoms with Crippen molar-refractivity contribution in [1.82, 2.24) is 4.98 Å². The average Bonchev–Trinajstić information content (AvgIpc) is 2.28. The van der Waals surface area contributed by atoms with E-state index < -0.39 is 0 Å². The van der Waals surface area contributed by atoms with Gasteiger partial charge >= 0.3 is 0 Å². The van der Waals surface area contributed by atoms with Gasteiger partial charge in [0.05, 0.1) is 6.10 Å². The monoisotopic (exact) mass is 203 g/mol. The number of aromatic nitrogens is 1. The fraction of sp³-hybridized carbons (Fsp3) is 0.462. The number of aliphatic hydroxyl groups is 1. The Bertz CT molecular complexity index is 302. The van der Waals surface area contributed by atoms with Crippen LogP contribution in [0.2, 0.25) is 0 Å². The molecule has 2 heteroatoms. The van der Waals surface area contributed by atoms with Crippen LogP contribution in [-0.2, 0) is 6.42 Å². The van der Waals surface area contributed by atoms with Gasteiger partial charge in [0.15, 0.2) is 0 Å². The maximum absolute atomic E-state index is 9.65. The van der Waals surface area contributed by atoms with Gasteiger partial charge in [-0.25, -0.2) is 0 Å². The largest absolute Gasteiger partial charge is 0.393 e. The van der Waals surface area contributed by atoms with Gasteiger partial charge in [0.1, 0.15) is 0 Å². The van der Waals surface area contributed by atoms with Gasteiger partial charge in [0, 0.05) is 18.8 Å². The van der Waals surface area contributed by atoms with Crippen LogP contribution in [0.15, 0.2) is 24.5 Å². The number of terminal acetylenes is 1. The highest BCUT2D eigenvalue weighted by Crippen LogP contribution is 2.08. The minimum absolute atomic E-state index is 0.237. The van der Waals surface area contributed by atoms with Gasteiger partial charge in [-0.1, -0.05) is 6.07 Å². The zero-order chi connectivity index (χ0) is 10.9. The Hall–Kier alpha value is -1.33. The number of aliphatic hydroxyl groups excluding tert-OH is 1. The molecular formula is C13H17NO. The maximum atomic E-state index is 9.65. The summed E-state index contributed by atoms with van der Waals surface area (Å²) < 4.78 is 0. The van der Waals surface area contributed by atoms with Crippen molar-refractivity contribution < 1.29 is 5.11 Å². The van der Waals surface area contributed by atoms with E-state index in [0.29, 0.717) is 0 Å². The highest BCUT2D eigenvalue weighted by molar-refractivity contribution is 5.08. The number of aryl methyl sites for hydroxylation is 1. The van der Waals surface area contributed by atoms with E-state index in [1.807, 2.05) is 18.3 Å². The SMILES string of the molecule is C#CCCCC(O)CCc1cccnc1. The summed E-state index contributed by atoms with van der Waals surface area (Å²) in [6.07, 6.45) is 12.6. The number of hydrogen-bond donors (Lipinski definition) is 1. The van der Waals surface area contributed by atoms with E-state index in [1.54, 1.807) is 6.20 Å². The molecule has 15 heavy (non-hydrogen) atoms. The van der Waals surface area contributed by atoms with E-state index in [0.717, 1.165) is 32.1 Å². The molecule has 0 spiro atoms. The molecule has 0 saturated carbocycles. The fourth-order valence-corrected chi connectivity index (χ4v) is 1.46. The molecule has 1 unspecified atom stereocenters. The summed E-state index contributed by atoms with van der Waals surface area (Å²) in [5.41, 5.74) is 1.17. The number of nitrogens with zero attached hydrogens (tertiary/aromatic N) is 1. The summed E-state index contributed by atoms with van der Waals surface area (Å²) in [6.45, 7) is 0. The van der Waals surface area contributed by atoms with Crippen LogP contribution in [0.4, 0.5) is 0 Å². The van der Waals surface area contributed by atoms with Crippen molar-refractivity contribution in [1.29, 1.82) is 0 Å². The van der Waals surface area contributed by atoms with Crippen molar-refractivity contribution in [3.63, 3.8) is 0 Å². The van der Waals surface area contributed by atoms with Crippen molar-refractivity contribution in [3.05, 3.63) is 30.1 Å². The van der Waals surface area contributed by atoms with Crippen LogP contribution in [0.3, 0.4) is 0 Å². The second-order valence-electron chi connectivity index (χ2n) is 3.65. The van der Waals surface area contributed by atoms with Gasteiger partial charge < -0.3 is 5.11 Å². The molecule has 0 fully saturated rings. The first-order valence-corrected chi connectivity index (χ1v) is 5.33. The minimum Gasteiger partial charge on any atom is -0.393 e. The summed E-state index contributed by atoms with van der Waals surface area (Å²) >= 11 is 0. The van der Waals surface area contributed by atoms with Crippen LogP contribution >= 0.6 is 0 Å². The van der Waals surface area contributed by atoms with Gasteiger partial charge in [-0.15, -0.1) is 12.3 Å². The molecule has 1 aromatic rings. The molecule has 0 aromatic carbocycles. The molecule has 80 valence electrons. The first kappa shape index (κ1) is 11.7. The topological polar surface area (TPSA) is 33.1 Å². The Balaban J connectivity index is 2.17. The molecule has 1 heterocycles. The van der Waals surface area contributed by atoms with Crippen LogP contribution in [0.1, 0.15) is 31.2 Å². The van der Waals surface area contributed by atoms with E-state index in [4.69, 9.17) is 6.42 Å². The van der Waals surface area contributed by atoms with Gasteiger partial charge in [-0.2, -0.15) is 0 Å². The average molecular weight is 203 g/mol. The number of pyridine rings is 1. The summed E-state index contributed by atoms with van der Waals surface area (Å²) in [6, 6.07) is 3.95. The number of hydrogen-bond acceptors (Lipinski definition) is 2. The molecule has 2 nitrogen and oxygen atoms in total. The Morgan fingerprint density at radius 2 is 2.33 bits per heavy atom. The van der Waals surface area contributed by atoms with E-state index in [9.17, 15) is 5.11 Å². The lowest BCUT2D eigenvalue weighted by Crippen LogP contribution is -2.07. The lowest BCUT2D eigenvalue weighted by atomic mass is 10.0. The molecule has 0 aliphatic rings. The molecular weight excluding hydrogens is 186 g/mol. The first-order valence-electron chi connectivity index (χ1n) is 5.33. The van der Waals surface area contributed by atoms with Gasteiger partial charge in [-0.3, -0.25) is 4.98 Å². The van der Waals surface area contributed by atoms with Crippen LogP contribution < -0.4 is 0 Å². The van der Waals surface area contributed by atoms with Crippen LogP contribution in [-0.4, -0.2) is 16.2 Å². The van der Waals surface area contributed by atoms with E-state index in [-0.39, 0.29) is 6.10 Å². The zero-order valence-corrected chi connectivity index (χ0v) is 8.89. The highest BCUT2D eigenvalue weighted by Gasteiger charge is 2.03. The molecule has 1 N–H and O–H groups in total. The van der Waals surface area contributed by atoms with Crippen LogP contribution in [0.5, 0.6) is 0 Å². The van der Waals surface area contributed by atoms with E-state index in [1.165, 1.54) is 5.56 Å². The normalized spacial score (nSPS) is 12.0. The van der Waals surface area contributed by atoms with Crippen LogP contribution in [0.25, 0.3) is 0 Å². The third-order valence-corrected chi connectivity index (χ3v) is 2.35. The molecule has 1 atom stereocenters. The third kappa shape index (κ3) is 5.19. The predicted octanol–water partition coefficient (Wildman–Crippen LogP) is 2.18. The Labute approximate surface area is 91.4 Å². The standard InChI is InChI=1S/C13H17NO/c1-2-3-4-7-13(15)9-8-12-6-5-10-14-11-12/h1,5-6,10-11,13,15H,3-4,7-9H2. The number of rotatable bonds is 6. The van der Waals surface area contributed by atoms with E-state index >= 15 is 0 Å². The Morgan fingerprint density at radius 1 is 1.47 bits per heavy atom. The summed E-state index contributed by atoms with van der Waals surface area (Å²) in [4.78, 5) is 4.03. The van der Waals surface area contributed by atoms with Gasteiger partial charge in [-0.05, 0) is 37.3 Å². The van der Waals surface area contributed by atoms with Gasteiger partial charge in [0.25, 0.3) is 0 Å². The number of unbranched alkanes of at least 4 members (excludes halogenated alkanes) is 1. The molecule has 0 aliphatic heterocycles. The highest BCUT2D eigenvalue weighted by atomic mass is 16.3. The molecule has 1 aromatic heterocycles. The van der Waals surface area contributed by atoms with Crippen LogP contribution in [0, 0.1) is 12.3 Å². The molecule has 1 rings (SSSR count). The van der Waals surface area contributed by atoms with Crippen molar-refractivity contribution in [2.45, 2.75) is 38.2 Å². The summed E-state index contributed by atoms with van der Waals surface area (Å²) in [7, 11) is 0. The van der Waals surface area contributed by atoms with E-state index in [2.05, 4.69) is 10.9 Å².